The van der Waals surface area contributed by atoms with Gasteiger partial charge in [-0.05, 0) is 69.9 Å². The normalized spacial score (nSPS) is 25.2. The highest BCUT2D eigenvalue weighted by Gasteiger charge is 2.25. The van der Waals surface area contributed by atoms with E-state index in [0.29, 0.717) is 0 Å². The summed E-state index contributed by atoms with van der Waals surface area (Å²) in [7, 11) is 0. The minimum Gasteiger partial charge on any atom is -0.312 e. The molecule has 19 heavy (non-hydrogen) atoms. The van der Waals surface area contributed by atoms with Crippen LogP contribution >= 0.6 is 11.3 Å². The molecule has 1 aromatic heterocycles. The van der Waals surface area contributed by atoms with Crippen molar-refractivity contribution in [2.24, 2.45) is 11.8 Å². The van der Waals surface area contributed by atoms with Gasteiger partial charge < -0.3 is 5.32 Å². The fourth-order valence-electron chi connectivity index (χ4n) is 3.12. The Hall–Kier alpha value is -0.340. The van der Waals surface area contributed by atoms with Crippen LogP contribution in [0.4, 0.5) is 0 Å². The summed E-state index contributed by atoms with van der Waals surface area (Å²) in [6.45, 7) is 8.02. The van der Waals surface area contributed by atoms with Gasteiger partial charge in [-0.25, -0.2) is 0 Å². The maximum atomic E-state index is 3.73. The molecule has 1 aliphatic rings. The molecule has 2 rings (SSSR count). The quantitative estimate of drug-likeness (QED) is 0.775. The molecule has 0 bridgehead atoms. The standard InChI is InChI=1S/C17H29NS/c1-17(2,3)18-13-15-9-6-4-5-8-14(15)12-16-10-7-11-19-16/h7,10-11,14-15,18H,4-6,8-9,12-13H2,1-3H3. The highest BCUT2D eigenvalue weighted by atomic mass is 32.1. The molecule has 1 heterocycles. The molecule has 108 valence electrons. The van der Waals surface area contributed by atoms with Crippen LogP contribution in [0.1, 0.15) is 57.8 Å². The number of nitrogens with one attached hydrogen (secondary N) is 1. The maximum Gasteiger partial charge on any atom is 0.00966 e. The largest absolute Gasteiger partial charge is 0.312 e. The molecule has 1 N–H and O–H groups in total. The van der Waals surface area contributed by atoms with Gasteiger partial charge >= 0.3 is 0 Å². The van der Waals surface area contributed by atoms with Crippen molar-refractivity contribution in [1.82, 2.24) is 5.32 Å². The molecule has 0 amide bonds. The van der Waals surface area contributed by atoms with E-state index in [0.717, 1.165) is 11.8 Å². The van der Waals surface area contributed by atoms with Crippen LogP contribution in [0.2, 0.25) is 0 Å². The first-order valence-corrected chi connectivity index (χ1v) is 8.70. The second-order valence-electron chi connectivity index (χ2n) is 7.07. The lowest BCUT2D eigenvalue weighted by Gasteiger charge is -2.29. The number of thiophene rings is 1. The van der Waals surface area contributed by atoms with Gasteiger partial charge in [-0.3, -0.25) is 0 Å². The van der Waals surface area contributed by atoms with Gasteiger partial charge in [0.05, 0.1) is 0 Å². The summed E-state index contributed by atoms with van der Waals surface area (Å²) < 4.78 is 0. The predicted octanol–water partition coefficient (Wildman–Crippen LogP) is 4.88. The summed E-state index contributed by atoms with van der Waals surface area (Å²) in [6, 6.07) is 4.50. The number of rotatable bonds is 4. The zero-order chi connectivity index (χ0) is 13.7. The molecule has 1 aromatic rings. The van der Waals surface area contributed by atoms with Crippen LogP contribution < -0.4 is 5.32 Å². The Kier molecular flexibility index (Phi) is 5.47. The average molecular weight is 279 g/mol. The van der Waals surface area contributed by atoms with Crippen LogP contribution in [-0.2, 0) is 6.42 Å². The van der Waals surface area contributed by atoms with Crippen molar-refractivity contribution >= 4 is 11.3 Å². The molecule has 1 saturated carbocycles. The van der Waals surface area contributed by atoms with Crippen LogP contribution in [0.5, 0.6) is 0 Å². The van der Waals surface area contributed by atoms with E-state index in [2.05, 4.69) is 43.6 Å². The molecular weight excluding hydrogens is 250 g/mol. The molecule has 0 aliphatic heterocycles. The summed E-state index contributed by atoms with van der Waals surface area (Å²) in [5.74, 6) is 1.75. The smallest absolute Gasteiger partial charge is 0.00966 e. The van der Waals surface area contributed by atoms with Crippen molar-refractivity contribution in [1.29, 1.82) is 0 Å². The van der Waals surface area contributed by atoms with Crippen molar-refractivity contribution in [2.45, 2.75) is 64.8 Å². The summed E-state index contributed by atoms with van der Waals surface area (Å²) >= 11 is 1.93. The van der Waals surface area contributed by atoms with Gasteiger partial charge in [0.1, 0.15) is 0 Å². The summed E-state index contributed by atoms with van der Waals surface area (Å²) in [6.07, 6.45) is 8.44. The van der Waals surface area contributed by atoms with E-state index in [1.165, 1.54) is 45.1 Å². The Labute approximate surface area is 122 Å². The molecule has 1 nitrogen and oxygen atoms in total. The van der Waals surface area contributed by atoms with Gasteiger partial charge in [0.25, 0.3) is 0 Å². The van der Waals surface area contributed by atoms with Gasteiger partial charge in [-0.2, -0.15) is 0 Å². The first kappa shape index (κ1) is 15.1. The molecule has 1 aliphatic carbocycles. The third-order valence-electron chi connectivity index (χ3n) is 4.25. The topological polar surface area (TPSA) is 12.0 Å². The van der Waals surface area contributed by atoms with E-state index < -0.39 is 0 Å². The Morgan fingerprint density at radius 1 is 1.16 bits per heavy atom. The lowest BCUT2D eigenvalue weighted by Crippen LogP contribution is -2.40. The zero-order valence-electron chi connectivity index (χ0n) is 12.7. The fourth-order valence-corrected chi connectivity index (χ4v) is 3.92. The highest BCUT2D eigenvalue weighted by molar-refractivity contribution is 7.09. The molecular formula is C17H29NS. The van der Waals surface area contributed by atoms with Crippen LogP contribution in [0.3, 0.4) is 0 Å². The monoisotopic (exact) mass is 279 g/mol. The van der Waals surface area contributed by atoms with E-state index in [-0.39, 0.29) is 5.54 Å². The second kappa shape index (κ2) is 6.90. The Morgan fingerprint density at radius 3 is 2.53 bits per heavy atom. The Balaban J connectivity index is 1.94. The van der Waals surface area contributed by atoms with Crippen LogP contribution in [0.15, 0.2) is 17.5 Å². The molecule has 2 unspecified atom stereocenters. The molecule has 0 spiro atoms. The van der Waals surface area contributed by atoms with Gasteiger partial charge in [0, 0.05) is 10.4 Å². The maximum absolute atomic E-state index is 3.73. The van der Waals surface area contributed by atoms with Crippen molar-refractivity contribution < 1.29 is 0 Å². The summed E-state index contributed by atoms with van der Waals surface area (Å²) in [5.41, 5.74) is 0.250. The summed E-state index contributed by atoms with van der Waals surface area (Å²) in [4.78, 5) is 1.58. The van der Waals surface area contributed by atoms with Crippen molar-refractivity contribution in [2.75, 3.05) is 6.54 Å². The van der Waals surface area contributed by atoms with E-state index in [9.17, 15) is 0 Å². The SMILES string of the molecule is CC(C)(C)NCC1CCCCCC1Cc1cccs1. The number of hydrogen-bond acceptors (Lipinski definition) is 2. The molecule has 0 aromatic carbocycles. The Morgan fingerprint density at radius 2 is 1.89 bits per heavy atom. The van der Waals surface area contributed by atoms with Gasteiger partial charge in [0.2, 0.25) is 0 Å². The van der Waals surface area contributed by atoms with Crippen LogP contribution in [-0.4, -0.2) is 12.1 Å². The second-order valence-corrected chi connectivity index (χ2v) is 8.10. The Bertz CT molecular complexity index is 350. The van der Waals surface area contributed by atoms with Gasteiger partial charge in [0.15, 0.2) is 0 Å². The van der Waals surface area contributed by atoms with E-state index in [4.69, 9.17) is 0 Å². The van der Waals surface area contributed by atoms with Crippen molar-refractivity contribution in [3.8, 4) is 0 Å². The van der Waals surface area contributed by atoms with Crippen LogP contribution in [0.25, 0.3) is 0 Å². The van der Waals surface area contributed by atoms with Crippen LogP contribution in [0, 0.1) is 11.8 Å². The third-order valence-corrected chi connectivity index (χ3v) is 5.15. The minimum atomic E-state index is 0.250. The molecule has 0 radical (unpaired) electrons. The number of hydrogen-bond donors (Lipinski definition) is 1. The zero-order valence-corrected chi connectivity index (χ0v) is 13.6. The lowest BCUT2D eigenvalue weighted by molar-refractivity contribution is 0.271. The average Bonchev–Trinajstić information content (AvgIpc) is 2.73. The van der Waals surface area contributed by atoms with E-state index >= 15 is 0 Å². The fraction of sp³-hybridized carbons (Fsp3) is 0.765. The van der Waals surface area contributed by atoms with E-state index in [1.54, 1.807) is 4.88 Å². The molecule has 2 heteroatoms. The predicted molar refractivity (Wildman–Crippen MR) is 85.8 cm³/mol. The molecule has 2 atom stereocenters. The first-order valence-electron chi connectivity index (χ1n) is 7.82. The third kappa shape index (κ3) is 5.27. The first-order chi connectivity index (χ1) is 9.04. The highest BCUT2D eigenvalue weighted by Crippen LogP contribution is 2.32. The summed E-state index contributed by atoms with van der Waals surface area (Å²) in [5, 5.41) is 5.95. The van der Waals surface area contributed by atoms with Gasteiger partial charge in [-0.15, -0.1) is 11.3 Å². The van der Waals surface area contributed by atoms with Crippen molar-refractivity contribution in [3.05, 3.63) is 22.4 Å². The van der Waals surface area contributed by atoms with E-state index in [1.807, 2.05) is 11.3 Å². The van der Waals surface area contributed by atoms with Gasteiger partial charge in [-0.1, -0.05) is 25.3 Å². The molecule has 0 saturated heterocycles. The van der Waals surface area contributed by atoms with Crippen molar-refractivity contribution in [3.63, 3.8) is 0 Å². The minimum absolute atomic E-state index is 0.250. The lowest BCUT2D eigenvalue weighted by atomic mass is 9.84. The molecule has 1 fully saturated rings.